The first-order chi connectivity index (χ1) is 9.58. The first kappa shape index (κ1) is 14.5. The minimum Gasteiger partial charge on any atom is -0.344 e. The number of benzene rings is 1. The molecule has 0 radical (unpaired) electrons. The van der Waals surface area contributed by atoms with E-state index in [0.29, 0.717) is 25.8 Å². The summed E-state index contributed by atoms with van der Waals surface area (Å²) in [7, 11) is 1.75. The molecule has 2 unspecified atom stereocenters. The van der Waals surface area contributed by atoms with Crippen molar-refractivity contribution in [2.75, 3.05) is 13.6 Å². The van der Waals surface area contributed by atoms with Crippen LogP contribution in [0.15, 0.2) is 30.3 Å². The average molecular weight is 275 g/mol. The highest BCUT2D eigenvalue weighted by molar-refractivity contribution is 5.88. The number of nitrogens with one attached hydrogen (secondary N) is 1. The van der Waals surface area contributed by atoms with Gasteiger partial charge >= 0.3 is 0 Å². The van der Waals surface area contributed by atoms with Gasteiger partial charge in [-0.2, -0.15) is 0 Å². The zero-order valence-electron chi connectivity index (χ0n) is 11.7. The van der Waals surface area contributed by atoms with Crippen molar-refractivity contribution in [1.29, 1.82) is 0 Å². The van der Waals surface area contributed by atoms with Gasteiger partial charge in [-0.05, 0) is 18.4 Å². The number of rotatable bonds is 5. The molecule has 1 aromatic carbocycles. The van der Waals surface area contributed by atoms with Crippen molar-refractivity contribution in [3.05, 3.63) is 35.9 Å². The van der Waals surface area contributed by atoms with Gasteiger partial charge in [-0.1, -0.05) is 30.3 Å². The summed E-state index contributed by atoms with van der Waals surface area (Å²) >= 11 is 0. The van der Waals surface area contributed by atoms with Crippen LogP contribution in [0.4, 0.5) is 0 Å². The molecule has 1 aliphatic heterocycles. The van der Waals surface area contributed by atoms with E-state index >= 15 is 0 Å². The van der Waals surface area contributed by atoms with Gasteiger partial charge in [0.25, 0.3) is 0 Å². The molecule has 2 amide bonds. The minimum atomic E-state index is -0.361. The van der Waals surface area contributed by atoms with Crippen molar-refractivity contribution < 1.29 is 9.59 Å². The van der Waals surface area contributed by atoms with Gasteiger partial charge in [0.2, 0.25) is 11.8 Å². The van der Waals surface area contributed by atoms with Crippen LogP contribution in [0.25, 0.3) is 0 Å². The lowest BCUT2D eigenvalue weighted by molar-refractivity contribution is -0.131. The Kier molecular flexibility index (Phi) is 4.74. The molecule has 20 heavy (non-hydrogen) atoms. The fraction of sp³-hybridized carbons (Fsp3) is 0.467. The molecule has 0 aliphatic carbocycles. The SMILES string of the molecule is CN1CCC(NC(=O)CCC(N)c2ccccc2)C1=O. The molecular formula is C15H21N3O2. The number of likely N-dealkylation sites (tertiary alicyclic amines) is 1. The van der Waals surface area contributed by atoms with Crippen LogP contribution in [-0.4, -0.2) is 36.3 Å². The lowest BCUT2D eigenvalue weighted by Gasteiger charge is -2.14. The van der Waals surface area contributed by atoms with Crippen molar-refractivity contribution in [3.63, 3.8) is 0 Å². The third-order valence-electron chi connectivity index (χ3n) is 3.67. The van der Waals surface area contributed by atoms with Crippen LogP contribution in [0, 0.1) is 0 Å². The number of hydrogen-bond acceptors (Lipinski definition) is 3. The lowest BCUT2D eigenvalue weighted by Crippen LogP contribution is -2.40. The van der Waals surface area contributed by atoms with E-state index in [0.717, 1.165) is 5.56 Å². The fourth-order valence-corrected chi connectivity index (χ4v) is 2.38. The summed E-state index contributed by atoms with van der Waals surface area (Å²) in [6.07, 6.45) is 1.60. The number of amides is 2. The lowest BCUT2D eigenvalue weighted by atomic mass is 10.0. The van der Waals surface area contributed by atoms with Gasteiger partial charge in [-0.3, -0.25) is 9.59 Å². The largest absolute Gasteiger partial charge is 0.344 e. The molecule has 1 fully saturated rings. The van der Waals surface area contributed by atoms with Crippen LogP contribution >= 0.6 is 0 Å². The predicted molar refractivity (Wildman–Crippen MR) is 76.8 cm³/mol. The molecule has 0 aromatic heterocycles. The second-order valence-electron chi connectivity index (χ2n) is 5.22. The van der Waals surface area contributed by atoms with E-state index in [1.54, 1.807) is 11.9 Å². The Bertz CT molecular complexity index is 475. The molecule has 0 spiro atoms. The Balaban J connectivity index is 1.77. The molecule has 108 valence electrons. The standard InChI is InChI=1S/C15H21N3O2/c1-18-10-9-13(15(18)20)17-14(19)8-7-12(16)11-5-3-2-4-6-11/h2-6,12-13H,7-10,16H2,1H3,(H,17,19). The zero-order chi connectivity index (χ0) is 14.5. The highest BCUT2D eigenvalue weighted by atomic mass is 16.2. The first-order valence-corrected chi connectivity index (χ1v) is 6.93. The molecule has 0 bridgehead atoms. The molecule has 1 saturated heterocycles. The van der Waals surface area contributed by atoms with E-state index in [1.807, 2.05) is 30.3 Å². The van der Waals surface area contributed by atoms with Crippen LogP contribution in [-0.2, 0) is 9.59 Å². The maximum Gasteiger partial charge on any atom is 0.244 e. The van der Waals surface area contributed by atoms with Crippen LogP contribution in [0.2, 0.25) is 0 Å². The minimum absolute atomic E-state index is 0.00860. The van der Waals surface area contributed by atoms with E-state index in [1.165, 1.54) is 0 Å². The van der Waals surface area contributed by atoms with Crippen molar-refractivity contribution in [3.8, 4) is 0 Å². The van der Waals surface area contributed by atoms with E-state index in [9.17, 15) is 9.59 Å². The molecule has 1 aliphatic rings. The van der Waals surface area contributed by atoms with Gasteiger partial charge in [0.15, 0.2) is 0 Å². The number of carbonyl (C=O) groups excluding carboxylic acids is 2. The summed E-state index contributed by atoms with van der Waals surface area (Å²) in [5.74, 6) is -0.115. The van der Waals surface area contributed by atoms with Crippen molar-refractivity contribution in [2.24, 2.45) is 5.73 Å². The Hall–Kier alpha value is -1.88. The number of nitrogens with two attached hydrogens (primary N) is 1. The Morgan fingerprint density at radius 2 is 2.15 bits per heavy atom. The second-order valence-corrected chi connectivity index (χ2v) is 5.22. The first-order valence-electron chi connectivity index (χ1n) is 6.93. The molecule has 3 N–H and O–H groups in total. The van der Waals surface area contributed by atoms with Crippen LogP contribution in [0.5, 0.6) is 0 Å². The van der Waals surface area contributed by atoms with E-state index in [4.69, 9.17) is 5.73 Å². The Labute approximate surface area is 119 Å². The fourth-order valence-electron chi connectivity index (χ4n) is 2.38. The Morgan fingerprint density at radius 1 is 1.45 bits per heavy atom. The zero-order valence-corrected chi connectivity index (χ0v) is 11.7. The molecule has 5 nitrogen and oxygen atoms in total. The molecule has 0 saturated carbocycles. The summed E-state index contributed by atoms with van der Waals surface area (Å²) < 4.78 is 0. The third kappa shape index (κ3) is 3.57. The van der Waals surface area contributed by atoms with Gasteiger partial charge in [0.05, 0.1) is 0 Å². The quantitative estimate of drug-likeness (QED) is 0.835. The van der Waals surface area contributed by atoms with E-state index < -0.39 is 0 Å². The molecule has 1 aromatic rings. The molecule has 2 atom stereocenters. The number of nitrogens with zero attached hydrogens (tertiary/aromatic N) is 1. The average Bonchev–Trinajstić information content (AvgIpc) is 2.78. The maximum absolute atomic E-state index is 11.8. The van der Waals surface area contributed by atoms with Crippen molar-refractivity contribution >= 4 is 11.8 Å². The van der Waals surface area contributed by atoms with Crippen LogP contribution in [0.1, 0.15) is 30.9 Å². The van der Waals surface area contributed by atoms with Crippen LogP contribution < -0.4 is 11.1 Å². The van der Waals surface area contributed by atoms with Crippen LogP contribution in [0.3, 0.4) is 0 Å². The van der Waals surface area contributed by atoms with Crippen molar-refractivity contribution in [2.45, 2.75) is 31.3 Å². The number of carbonyl (C=O) groups is 2. The van der Waals surface area contributed by atoms with Gasteiger partial charge in [0.1, 0.15) is 6.04 Å². The van der Waals surface area contributed by atoms with Gasteiger partial charge in [-0.15, -0.1) is 0 Å². The normalized spacial score (nSPS) is 20.0. The maximum atomic E-state index is 11.8. The molecule has 5 heteroatoms. The summed E-state index contributed by atoms with van der Waals surface area (Å²) in [4.78, 5) is 25.2. The monoisotopic (exact) mass is 275 g/mol. The smallest absolute Gasteiger partial charge is 0.244 e. The van der Waals surface area contributed by atoms with Gasteiger partial charge in [-0.25, -0.2) is 0 Å². The Morgan fingerprint density at radius 3 is 2.75 bits per heavy atom. The summed E-state index contributed by atoms with van der Waals surface area (Å²) in [5.41, 5.74) is 7.07. The second kappa shape index (κ2) is 6.52. The van der Waals surface area contributed by atoms with Gasteiger partial charge in [0, 0.05) is 26.1 Å². The molecule has 1 heterocycles. The van der Waals surface area contributed by atoms with Crippen molar-refractivity contribution in [1.82, 2.24) is 10.2 Å². The molecule has 2 rings (SSSR count). The number of hydrogen-bond donors (Lipinski definition) is 2. The van der Waals surface area contributed by atoms with Gasteiger partial charge < -0.3 is 16.0 Å². The third-order valence-corrected chi connectivity index (χ3v) is 3.67. The number of likely N-dealkylation sites (N-methyl/N-ethyl adjacent to an activating group) is 1. The van der Waals surface area contributed by atoms with E-state index in [-0.39, 0.29) is 23.9 Å². The molecular weight excluding hydrogens is 254 g/mol. The highest BCUT2D eigenvalue weighted by Gasteiger charge is 2.29. The van der Waals surface area contributed by atoms with E-state index in [2.05, 4.69) is 5.32 Å². The predicted octanol–water partition coefficient (Wildman–Crippen LogP) is 0.813. The summed E-state index contributed by atoms with van der Waals surface area (Å²) in [5, 5.41) is 2.78. The topological polar surface area (TPSA) is 75.4 Å². The highest BCUT2D eigenvalue weighted by Crippen LogP contribution is 2.15. The summed E-state index contributed by atoms with van der Waals surface area (Å²) in [6.45, 7) is 0.702. The summed E-state index contributed by atoms with van der Waals surface area (Å²) in [6, 6.07) is 9.20.